The van der Waals surface area contributed by atoms with E-state index in [0.717, 1.165) is 57.9 Å². The highest BCUT2D eigenvalue weighted by atomic mass is 16.5. The van der Waals surface area contributed by atoms with E-state index >= 15 is 0 Å². The van der Waals surface area contributed by atoms with E-state index in [1.54, 1.807) is 12.4 Å². The van der Waals surface area contributed by atoms with Crippen LogP contribution in [0.3, 0.4) is 0 Å². The van der Waals surface area contributed by atoms with Crippen LogP contribution in [0.15, 0.2) is 18.6 Å². The summed E-state index contributed by atoms with van der Waals surface area (Å²) < 4.78 is 5.55. The van der Waals surface area contributed by atoms with Gasteiger partial charge in [0.25, 0.3) is 5.91 Å². The lowest BCUT2D eigenvalue weighted by Gasteiger charge is -2.34. The van der Waals surface area contributed by atoms with Crippen molar-refractivity contribution in [2.75, 3.05) is 37.7 Å². The Labute approximate surface area is 130 Å². The topological polar surface area (TPSA) is 58.6 Å². The molecule has 0 bridgehead atoms. The van der Waals surface area contributed by atoms with Gasteiger partial charge in [0.15, 0.2) is 0 Å². The van der Waals surface area contributed by atoms with E-state index in [2.05, 4.69) is 14.9 Å². The second-order valence-electron chi connectivity index (χ2n) is 6.56. The third-order valence-electron chi connectivity index (χ3n) is 5.19. The van der Waals surface area contributed by atoms with Crippen LogP contribution in [0.5, 0.6) is 0 Å². The average Bonchev–Trinajstić information content (AvgIpc) is 3.23. The first kappa shape index (κ1) is 13.9. The Morgan fingerprint density at radius 1 is 1.18 bits per heavy atom. The number of likely N-dealkylation sites (tertiary alicyclic amines) is 1. The third-order valence-corrected chi connectivity index (χ3v) is 5.19. The van der Waals surface area contributed by atoms with Crippen LogP contribution in [0.4, 0.5) is 5.82 Å². The fraction of sp³-hybridized carbons (Fsp3) is 0.688. The van der Waals surface area contributed by atoms with Gasteiger partial charge in [-0.3, -0.25) is 9.78 Å². The van der Waals surface area contributed by atoms with E-state index in [1.807, 2.05) is 11.1 Å². The number of nitrogens with zero attached hydrogens (tertiary/aromatic N) is 4. The highest BCUT2D eigenvalue weighted by Gasteiger charge is 2.41. The Balaban J connectivity index is 1.40. The molecule has 0 aromatic carbocycles. The standard InChI is InChI=1S/C16H22N4O2/c21-16(14-2-1-7-22-14)20-9-12-3-6-19(10-13(12)11-20)15-8-17-4-5-18-15/h4-5,8,12-14H,1-3,6-7,9-11H2/t12-,13+,14-/m0/s1. The smallest absolute Gasteiger partial charge is 0.251 e. The van der Waals surface area contributed by atoms with E-state index in [1.165, 1.54) is 0 Å². The molecule has 3 aliphatic heterocycles. The number of carbonyl (C=O) groups excluding carboxylic acids is 1. The normalized spacial score (nSPS) is 31.4. The number of piperidine rings is 1. The molecule has 6 heteroatoms. The van der Waals surface area contributed by atoms with Crippen LogP contribution in [0.2, 0.25) is 0 Å². The molecule has 3 aliphatic rings. The maximum Gasteiger partial charge on any atom is 0.251 e. The van der Waals surface area contributed by atoms with Gasteiger partial charge in [-0.1, -0.05) is 0 Å². The van der Waals surface area contributed by atoms with Gasteiger partial charge in [-0.05, 0) is 31.1 Å². The Kier molecular flexibility index (Phi) is 3.70. The molecule has 3 fully saturated rings. The molecule has 0 unspecified atom stereocenters. The number of fused-ring (bicyclic) bond motifs is 1. The number of anilines is 1. The zero-order valence-electron chi connectivity index (χ0n) is 12.7. The third kappa shape index (κ3) is 2.56. The number of ether oxygens (including phenoxy) is 1. The average molecular weight is 302 g/mol. The Bertz CT molecular complexity index is 532. The molecule has 0 N–H and O–H groups in total. The number of aromatic nitrogens is 2. The van der Waals surface area contributed by atoms with Crippen molar-refractivity contribution in [1.29, 1.82) is 0 Å². The van der Waals surface area contributed by atoms with E-state index in [0.29, 0.717) is 11.8 Å². The predicted octanol–water partition coefficient (Wildman–Crippen LogP) is 0.940. The van der Waals surface area contributed by atoms with Crippen LogP contribution in [-0.2, 0) is 9.53 Å². The number of hydrogen-bond donors (Lipinski definition) is 0. The van der Waals surface area contributed by atoms with Crippen LogP contribution in [-0.4, -0.2) is 59.7 Å². The SMILES string of the molecule is O=C([C@@H]1CCCO1)N1C[C@@H]2CCN(c3cnccn3)C[C@@H]2C1. The van der Waals surface area contributed by atoms with Crippen molar-refractivity contribution in [1.82, 2.24) is 14.9 Å². The molecular formula is C16H22N4O2. The Hall–Kier alpha value is -1.69. The zero-order chi connectivity index (χ0) is 14.9. The fourth-order valence-corrected chi connectivity index (χ4v) is 3.99. The van der Waals surface area contributed by atoms with Crippen molar-refractivity contribution in [2.24, 2.45) is 11.8 Å². The van der Waals surface area contributed by atoms with Crippen LogP contribution in [0.25, 0.3) is 0 Å². The molecule has 0 spiro atoms. The minimum absolute atomic E-state index is 0.184. The fourth-order valence-electron chi connectivity index (χ4n) is 3.99. The van der Waals surface area contributed by atoms with Crippen LogP contribution >= 0.6 is 0 Å². The Morgan fingerprint density at radius 3 is 2.86 bits per heavy atom. The predicted molar refractivity (Wildman–Crippen MR) is 81.4 cm³/mol. The lowest BCUT2D eigenvalue weighted by molar-refractivity contribution is -0.140. The minimum Gasteiger partial charge on any atom is -0.368 e. The largest absolute Gasteiger partial charge is 0.368 e. The summed E-state index contributed by atoms with van der Waals surface area (Å²) in [6.07, 6.45) is 8.10. The zero-order valence-corrected chi connectivity index (χ0v) is 12.7. The lowest BCUT2D eigenvalue weighted by Crippen LogP contribution is -2.40. The van der Waals surface area contributed by atoms with E-state index in [-0.39, 0.29) is 12.0 Å². The van der Waals surface area contributed by atoms with Crippen molar-refractivity contribution >= 4 is 11.7 Å². The van der Waals surface area contributed by atoms with Crippen LogP contribution in [0, 0.1) is 11.8 Å². The van der Waals surface area contributed by atoms with Gasteiger partial charge in [0.1, 0.15) is 11.9 Å². The molecule has 0 saturated carbocycles. The van der Waals surface area contributed by atoms with E-state index in [9.17, 15) is 4.79 Å². The number of carbonyl (C=O) groups is 1. The minimum atomic E-state index is -0.184. The summed E-state index contributed by atoms with van der Waals surface area (Å²) >= 11 is 0. The summed E-state index contributed by atoms with van der Waals surface area (Å²) in [4.78, 5) is 25.4. The van der Waals surface area contributed by atoms with Crippen molar-refractivity contribution in [3.8, 4) is 0 Å². The maximum atomic E-state index is 12.5. The molecule has 118 valence electrons. The highest BCUT2D eigenvalue weighted by Crippen LogP contribution is 2.33. The van der Waals surface area contributed by atoms with Crippen molar-refractivity contribution in [3.63, 3.8) is 0 Å². The van der Waals surface area contributed by atoms with Gasteiger partial charge in [0.05, 0.1) is 6.20 Å². The second kappa shape index (κ2) is 5.83. The van der Waals surface area contributed by atoms with Crippen molar-refractivity contribution < 1.29 is 9.53 Å². The van der Waals surface area contributed by atoms with Gasteiger partial charge >= 0.3 is 0 Å². The molecular weight excluding hydrogens is 280 g/mol. The van der Waals surface area contributed by atoms with Gasteiger partial charge in [-0.15, -0.1) is 0 Å². The molecule has 1 amide bonds. The Morgan fingerprint density at radius 2 is 2.09 bits per heavy atom. The lowest BCUT2D eigenvalue weighted by atomic mass is 9.89. The molecule has 4 rings (SSSR count). The summed E-state index contributed by atoms with van der Waals surface area (Å²) in [5.41, 5.74) is 0. The molecule has 1 aromatic rings. The van der Waals surface area contributed by atoms with Gasteiger partial charge < -0.3 is 14.5 Å². The maximum absolute atomic E-state index is 12.5. The van der Waals surface area contributed by atoms with Crippen molar-refractivity contribution in [2.45, 2.75) is 25.4 Å². The molecule has 0 radical (unpaired) electrons. The van der Waals surface area contributed by atoms with Crippen molar-refractivity contribution in [3.05, 3.63) is 18.6 Å². The highest BCUT2D eigenvalue weighted by molar-refractivity contribution is 5.81. The summed E-state index contributed by atoms with van der Waals surface area (Å²) in [5, 5.41) is 0. The quantitative estimate of drug-likeness (QED) is 0.814. The summed E-state index contributed by atoms with van der Waals surface area (Å²) in [6, 6.07) is 0. The van der Waals surface area contributed by atoms with Gasteiger partial charge in [0, 0.05) is 45.2 Å². The van der Waals surface area contributed by atoms with Crippen LogP contribution in [0.1, 0.15) is 19.3 Å². The van der Waals surface area contributed by atoms with Gasteiger partial charge in [-0.25, -0.2) is 4.98 Å². The molecule has 4 heterocycles. The number of hydrogen-bond acceptors (Lipinski definition) is 5. The summed E-state index contributed by atoms with van der Waals surface area (Å²) in [6.45, 7) is 4.47. The van der Waals surface area contributed by atoms with E-state index < -0.39 is 0 Å². The van der Waals surface area contributed by atoms with Gasteiger partial charge in [0.2, 0.25) is 0 Å². The summed E-state index contributed by atoms with van der Waals surface area (Å²) in [7, 11) is 0. The first-order valence-electron chi connectivity index (χ1n) is 8.22. The first-order valence-corrected chi connectivity index (χ1v) is 8.22. The van der Waals surface area contributed by atoms with Crippen LogP contribution < -0.4 is 4.90 Å². The van der Waals surface area contributed by atoms with E-state index in [4.69, 9.17) is 4.74 Å². The monoisotopic (exact) mass is 302 g/mol. The molecule has 3 saturated heterocycles. The molecule has 0 aliphatic carbocycles. The molecule has 1 aromatic heterocycles. The van der Waals surface area contributed by atoms with Gasteiger partial charge in [-0.2, -0.15) is 0 Å². The molecule has 3 atom stereocenters. The molecule has 6 nitrogen and oxygen atoms in total. The molecule has 22 heavy (non-hydrogen) atoms. The second-order valence-corrected chi connectivity index (χ2v) is 6.56. The number of rotatable bonds is 2. The first-order chi connectivity index (χ1) is 10.8. The number of amides is 1. The summed E-state index contributed by atoms with van der Waals surface area (Å²) in [5.74, 6) is 2.32.